The van der Waals surface area contributed by atoms with E-state index in [2.05, 4.69) is 9.88 Å². The normalized spacial score (nSPS) is 16.2. The zero-order valence-electron chi connectivity index (χ0n) is 15.4. The highest BCUT2D eigenvalue weighted by Crippen LogP contribution is 2.30. The third kappa shape index (κ3) is 4.95. The number of hydrogen-bond acceptors (Lipinski definition) is 3. The Labute approximate surface area is 166 Å². The summed E-state index contributed by atoms with van der Waals surface area (Å²) >= 11 is 5.86. The average Bonchev–Trinajstić information content (AvgIpc) is 2.68. The average molecular weight is 412 g/mol. The summed E-state index contributed by atoms with van der Waals surface area (Å²) in [6, 6.07) is 8.79. The maximum atomic E-state index is 12.9. The van der Waals surface area contributed by atoms with Crippen molar-refractivity contribution >= 4 is 23.3 Å². The molecule has 28 heavy (non-hydrogen) atoms. The summed E-state index contributed by atoms with van der Waals surface area (Å²) in [5, 5.41) is 0.570. The first-order valence-corrected chi connectivity index (χ1v) is 9.43. The van der Waals surface area contributed by atoms with Crippen LogP contribution in [0.3, 0.4) is 0 Å². The minimum atomic E-state index is -4.38. The van der Waals surface area contributed by atoms with Crippen molar-refractivity contribution in [2.75, 3.05) is 31.1 Å². The van der Waals surface area contributed by atoms with Crippen molar-refractivity contribution in [3.63, 3.8) is 0 Å². The lowest BCUT2D eigenvalue weighted by Gasteiger charge is -2.36. The van der Waals surface area contributed by atoms with Crippen LogP contribution >= 0.6 is 11.6 Å². The van der Waals surface area contributed by atoms with Gasteiger partial charge in [0.15, 0.2) is 0 Å². The van der Waals surface area contributed by atoms with Gasteiger partial charge in [0.2, 0.25) is 5.91 Å². The van der Waals surface area contributed by atoms with E-state index in [-0.39, 0.29) is 18.2 Å². The molecule has 1 amide bonds. The molecule has 8 heteroatoms. The van der Waals surface area contributed by atoms with Crippen LogP contribution in [0.25, 0.3) is 0 Å². The van der Waals surface area contributed by atoms with Gasteiger partial charge in [0.25, 0.3) is 0 Å². The molecule has 2 aromatic rings. The minimum Gasteiger partial charge on any atom is -0.353 e. The number of aromatic nitrogens is 1. The van der Waals surface area contributed by atoms with Crippen LogP contribution in [0.1, 0.15) is 18.1 Å². The summed E-state index contributed by atoms with van der Waals surface area (Å²) in [5.74, 6) is 0.387. The van der Waals surface area contributed by atoms with Crippen LogP contribution < -0.4 is 4.90 Å². The molecule has 0 saturated carbocycles. The summed E-state index contributed by atoms with van der Waals surface area (Å²) < 4.78 is 38.6. The van der Waals surface area contributed by atoms with Gasteiger partial charge in [-0.15, -0.1) is 0 Å². The Kier molecular flexibility index (Phi) is 6.13. The summed E-state index contributed by atoms with van der Waals surface area (Å²) in [5.41, 5.74) is -0.173. The van der Waals surface area contributed by atoms with Crippen LogP contribution in [0.2, 0.25) is 5.02 Å². The molecule has 0 N–H and O–H groups in total. The highest BCUT2D eigenvalue weighted by atomic mass is 35.5. The number of carbonyl (C=O) groups excluding carboxylic acids is 1. The summed E-state index contributed by atoms with van der Waals surface area (Å²) in [7, 11) is 0. The summed E-state index contributed by atoms with van der Waals surface area (Å²) in [4.78, 5) is 20.9. The Morgan fingerprint density at radius 1 is 1.18 bits per heavy atom. The van der Waals surface area contributed by atoms with Crippen molar-refractivity contribution in [3.8, 4) is 0 Å². The Hall–Kier alpha value is -2.28. The van der Waals surface area contributed by atoms with Gasteiger partial charge in [-0.1, -0.05) is 36.7 Å². The first-order valence-electron chi connectivity index (χ1n) is 9.05. The fourth-order valence-corrected chi connectivity index (χ4v) is 3.45. The van der Waals surface area contributed by atoms with Crippen LogP contribution in [0.4, 0.5) is 19.0 Å². The molecule has 3 rings (SSSR count). The number of alkyl halides is 3. The number of rotatable bonds is 4. The van der Waals surface area contributed by atoms with Crippen LogP contribution in [0.15, 0.2) is 42.6 Å². The van der Waals surface area contributed by atoms with E-state index in [1.165, 1.54) is 6.07 Å². The standard InChI is InChI=1S/C20H21ClF3N3O/c1-14(11-15-3-2-4-16(12-15)20(22,23)24)19(28)27-9-7-26(8-10-27)18-6-5-17(21)13-25-18/h2-6,12-14H,7-11H2,1H3. The first kappa shape index (κ1) is 20.5. The van der Waals surface area contributed by atoms with Gasteiger partial charge in [-0.05, 0) is 30.2 Å². The van der Waals surface area contributed by atoms with E-state index >= 15 is 0 Å². The predicted octanol–water partition coefficient (Wildman–Crippen LogP) is 4.28. The van der Waals surface area contributed by atoms with Crippen molar-refractivity contribution < 1.29 is 18.0 Å². The topological polar surface area (TPSA) is 36.4 Å². The number of amides is 1. The third-order valence-corrected chi connectivity index (χ3v) is 5.07. The Morgan fingerprint density at radius 3 is 2.50 bits per heavy atom. The zero-order chi connectivity index (χ0) is 20.3. The fraction of sp³-hybridized carbons (Fsp3) is 0.400. The number of anilines is 1. The van der Waals surface area contributed by atoms with Crippen LogP contribution in [-0.4, -0.2) is 42.0 Å². The Bertz CT molecular complexity index is 818. The highest BCUT2D eigenvalue weighted by Gasteiger charge is 2.31. The molecule has 1 unspecified atom stereocenters. The number of halogens is 4. The molecule has 1 fully saturated rings. The van der Waals surface area contributed by atoms with Crippen molar-refractivity contribution in [2.45, 2.75) is 19.5 Å². The van der Waals surface area contributed by atoms with Crippen molar-refractivity contribution in [1.82, 2.24) is 9.88 Å². The Balaban J connectivity index is 1.57. The van der Waals surface area contributed by atoms with Gasteiger partial charge in [0.05, 0.1) is 10.6 Å². The van der Waals surface area contributed by atoms with Gasteiger partial charge in [-0.25, -0.2) is 4.98 Å². The molecular formula is C20H21ClF3N3O. The van der Waals surface area contributed by atoms with E-state index in [1.807, 2.05) is 6.07 Å². The maximum absolute atomic E-state index is 12.9. The van der Waals surface area contributed by atoms with Crippen LogP contribution in [-0.2, 0) is 17.4 Å². The molecule has 150 valence electrons. The molecule has 1 aromatic heterocycles. The number of hydrogen-bond donors (Lipinski definition) is 0. The maximum Gasteiger partial charge on any atom is 0.416 e. The van der Waals surface area contributed by atoms with Gasteiger partial charge in [0.1, 0.15) is 5.82 Å². The number of nitrogens with zero attached hydrogens (tertiary/aromatic N) is 3. The van der Waals surface area contributed by atoms with Gasteiger partial charge in [-0.3, -0.25) is 4.79 Å². The van der Waals surface area contributed by atoms with Crippen LogP contribution in [0, 0.1) is 5.92 Å². The van der Waals surface area contributed by atoms with Crippen molar-refractivity contribution in [1.29, 1.82) is 0 Å². The predicted molar refractivity (Wildman–Crippen MR) is 102 cm³/mol. The lowest BCUT2D eigenvalue weighted by Crippen LogP contribution is -2.50. The van der Waals surface area contributed by atoms with E-state index < -0.39 is 11.7 Å². The van der Waals surface area contributed by atoms with Gasteiger partial charge in [0, 0.05) is 38.3 Å². The molecule has 0 bridgehead atoms. The zero-order valence-corrected chi connectivity index (χ0v) is 16.2. The van der Waals surface area contributed by atoms with E-state index in [1.54, 1.807) is 30.2 Å². The Morgan fingerprint density at radius 2 is 1.89 bits per heavy atom. The molecule has 1 aliphatic heterocycles. The lowest BCUT2D eigenvalue weighted by atomic mass is 9.98. The summed E-state index contributed by atoms with van der Waals surface area (Å²) in [6.45, 7) is 4.16. The molecule has 0 spiro atoms. The lowest BCUT2D eigenvalue weighted by molar-refractivity contribution is -0.137. The van der Waals surface area contributed by atoms with Gasteiger partial charge < -0.3 is 9.80 Å². The quantitative estimate of drug-likeness (QED) is 0.753. The van der Waals surface area contributed by atoms with E-state index in [9.17, 15) is 18.0 Å². The smallest absolute Gasteiger partial charge is 0.353 e. The molecule has 1 saturated heterocycles. The van der Waals surface area contributed by atoms with Crippen LogP contribution in [0.5, 0.6) is 0 Å². The number of benzene rings is 1. The second kappa shape index (κ2) is 8.39. The monoisotopic (exact) mass is 411 g/mol. The molecular weight excluding hydrogens is 391 g/mol. The number of piperazine rings is 1. The van der Waals surface area contributed by atoms with Gasteiger partial charge >= 0.3 is 6.18 Å². The second-order valence-corrected chi connectivity index (χ2v) is 7.39. The number of pyridine rings is 1. The van der Waals surface area contributed by atoms with E-state index in [0.717, 1.165) is 18.0 Å². The molecule has 0 radical (unpaired) electrons. The molecule has 4 nitrogen and oxygen atoms in total. The van der Waals surface area contributed by atoms with E-state index in [0.29, 0.717) is 36.8 Å². The fourth-order valence-electron chi connectivity index (χ4n) is 3.34. The van der Waals surface area contributed by atoms with E-state index in [4.69, 9.17) is 11.6 Å². The summed E-state index contributed by atoms with van der Waals surface area (Å²) in [6.07, 6.45) is -2.51. The third-order valence-electron chi connectivity index (χ3n) is 4.84. The van der Waals surface area contributed by atoms with Gasteiger partial charge in [-0.2, -0.15) is 13.2 Å². The molecule has 1 aliphatic rings. The molecule has 0 aliphatic carbocycles. The first-order chi connectivity index (χ1) is 13.2. The molecule has 1 atom stereocenters. The highest BCUT2D eigenvalue weighted by molar-refractivity contribution is 6.30. The largest absolute Gasteiger partial charge is 0.416 e. The molecule has 1 aromatic carbocycles. The molecule has 2 heterocycles. The SMILES string of the molecule is CC(Cc1cccc(C(F)(F)F)c1)C(=O)N1CCN(c2ccc(Cl)cn2)CC1. The number of carbonyl (C=O) groups is 1. The minimum absolute atomic E-state index is 0.0406. The second-order valence-electron chi connectivity index (χ2n) is 6.95. The van der Waals surface area contributed by atoms with Crippen molar-refractivity contribution in [2.24, 2.45) is 5.92 Å². The van der Waals surface area contributed by atoms with Crippen molar-refractivity contribution in [3.05, 3.63) is 58.7 Å².